The Morgan fingerprint density at radius 3 is 2.54 bits per heavy atom. The molecule has 0 bridgehead atoms. The molecule has 2 rings (SSSR count). The summed E-state index contributed by atoms with van der Waals surface area (Å²) in [5.41, 5.74) is 7.61. The van der Waals surface area contributed by atoms with Crippen LogP contribution in [0, 0.1) is 0 Å². The zero-order chi connectivity index (χ0) is 17.5. The van der Waals surface area contributed by atoms with Crippen LogP contribution in [0.2, 0.25) is 10.0 Å². The summed E-state index contributed by atoms with van der Waals surface area (Å²) >= 11 is 12.0. The van der Waals surface area contributed by atoms with Gasteiger partial charge in [-0.2, -0.15) is 0 Å². The number of carbonyl (C=O) groups is 1. The SMILES string of the molecule is CN=C(NCc1cccc(C(N)=O)c1)NCc1ccc(Cl)cc1Cl. The summed E-state index contributed by atoms with van der Waals surface area (Å²) in [4.78, 5) is 15.4. The summed E-state index contributed by atoms with van der Waals surface area (Å²) in [6.07, 6.45) is 0. The lowest BCUT2D eigenvalue weighted by Crippen LogP contribution is -2.36. The lowest BCUT2D eigenvalue weighted by Gasteiger charge is -2.13. The van der Waals surface area contributed by atoms with Crippen molar-refractivity contribution in [3.05, 3.63) is 69.2 Å². The molecule has 2 aromatic carbocycles. The van der Waals surface area contributed by atoms with Crippen LogP contribution < -0.4 is 16.4 Å². The van der Waals surface area contributed by atoms with Crippen LogP contribution in [0.3, 0.4) is 0 Å². The number of nitrogens with one attached hydrogen (secondary N) is 2. The Bertz CT molecular complexity index is 762. The number of halogens is 2. The summed E-state index contributed by atoms with van der Waals surface area (Å²) in [5, 5.41) is 7.54. The molecule has 0 unspecified atom stereocenters. The number of amides is 1. The fraction of sp³-hybridized carbons (Fsp3) is 0.176. The molecule has 0 aromatic heterocycles. The van der Waals surface area contributed by atoms with E-state index in [1.807, 2.05) is 12.1 Å². The Morgan fingerprint density at radius 2 is 1.88 bits per heavy atom. The monoisotopic (exact) mass is 364 g/mol. The molecule has 5 nitrogen and oxygen atoms in total. The van der Waals surface area contributed by atoms with E-state index >= 15 is 0 Å². The Kier molecular flexibility index (Phi) is 6.46. The van der Waals surface area contributed by atoms with E-state index < -0.39 is 5.91 Å². The maximum absolute atomic E-state index is 11.2. The lowest BCUT2D eigenvalue weighted by atomic mass is 10.1. The number of benzene rings is 2. The van der Waals surface area contributed by atoms with Crippen molar-refractivity contribution in [2.24, 2.45) is 10.7 Å². The fourth-order valence-corrected chi connectivity index (χ4v) is 2.56. The average molecular weight is 365 g/mol. The third-order valence-electron chi connectivity index (χ3n) is 3.36. The van der Waals surface area contributed by atoms with Crippen molar-refractivity contribution in [2.75, 3.05) is 7.05 Å². The molecule has 7 heteroatoms. The molecule has 1 amide bonds. The molecule has 0 aliphatic heterocycles. The van der Waals surface area contributed by atoms with Crippen molar-refractivity contribution in [2.45, 2.75) is 13.1 Å². The molecule has 0 radical (unpaired) electrons. The molecule has 0 fully saturated rings. The molecule has 0 spiro atoms. The van der Waals surface area contributed by atoms with Gasteiger partial charge in [0.05, 0.1) is 0 Å². The van der Waals surface area contributed by atoms with Gasteiger partial charge < -0.3 is 16.4 Å². The van der Waals surface area contributed by atoms with E-state index in [2.05, 4.69) is 15.6 Å². The van der Waals surface area contributed by atoms with Gasteiger partial charge in [0, 0.05) is 35.7 Å². The molecule has 0 saturated carbocycles. The van der Waals surface area contributed by atoms with Crippen LogP contribution in [0.1, 0.15) is 21.5 Å². The van der Waals surface area contributed by atoms with Crippen molar-refractivity contribution >= 4 is 35.1 Å². The van der Waals surface area contributed by atoms with E-state index in [1.165, 1.54) is 0 Å². The number of guanidine groups is 1. The molecule has 126 valence electrons. The minimum atomic E-state index is -0.447. The van der Waals surface area contributed by atoms with Crippen LogP contribution in [-0.4, -0.2) is 18.9 Å². The Labute approximate surface area is 150 Å². The summed E-state index contributed by atoms with van der Waals surface area (Å²) in [6, 6.07) is 12.5. The molecule has 0 saturated heterocycles. The van der Waals surface area contributed by atoms with Gasteiger partial charge in [-0.05, 0) is 35.4 Å². The number of hydrogen-bond acceptors (Lipinski definition) is 2. The Morgan fingerprint density at radius 1 is 1.12 bits per heavy atom. The van der Waals surface area contributed by atoms with Crippen molar-refractivity contribution in [3.63, 3.8) is 0 Å². The van der Waals surface area contributed by atoms with Crippen molar-refractivity contribution < 1.29 is 4.79 Å². The quantitative estimate of drug-likeness (QED) is 0.563. The van der Waals surface area contributed by atoms with E-state index in [1.54, 1.807) is 37.4 Å². The molecule has 0 heterocycles. The summed E-state index contributed by atoms with van der Waals surface area (Å²) in [6.45, 7) is 1.02. The summed E-state index contributed by atoms with van der Waals surface area (Å²) in [5.74, 6) is 0.169. The third-order valence-corrected chi connectivity index (χ3v) is 3.94. The van der Waals surface area contributed by atoms with Crippen molar-refractivity contribution in [3.8, 4) is 0 Å². The van der Waals surface area contributed by atoms with Gasteiger partial charge in [-0.1, -0.05) is 41.4 Å². The lowest BCUT2D eigenvalue weighted by molar-refractivity contribution is 0.1000. The van der Waals surface area contributed by atoms with E-state index in [9.17, 15) is 4.79 Å². The Balaban J connectivity index is 1.93. The first-order valence-corrected chi connectivity index (χ1v) is 8.02. The van der Waals surface area contributed by atoms with E-state index in [0.717, 1.165) is 11.1 Å². The van der Waals surface area contributed by atoms with E-state index in [-0.39, 0.29) is 0 Å². The van der Waals surface area contributed by atoms with Gasteiger partial charge >= 0.3 is 0 Å². The second kappa shape index (κ2) is 8.57. The third kappa shape index (κ3) is 5.15. The van der Waals surface area contributed by atoms with E-state index in [4.69, 9.17) is 28.9 Å². The molecule has 0 aliphatic carbocycles. The second-order valence-electron chi connectivity index (χ2n) is 5.08. The van der Waals surface area contributed by atoms with Crippen LogP contribution in [0.25, 0.3) is 0 Å². The highest BCUT2D eigenvalue weighted by atomic mass is 35.5. The van der Waals surface area contributed by atoms with Gasteiger partial charge in [0.25, 0.3) is 0 Å². The van der Waals surface area contributed by atoms with E-state index in [0.29, 0.717) is 34.7 Å². The standard InChI is InChI=1S/C17H18Cl2N4O/c1-21-17(23-10-13-5-6-14(18)8-15(13)19)22-9-11-3-2-4-12(7-11)16(20)24/h2-8H,9-10H2,1H3,(H2,20,24)(H2,21,22,23). The Hall–Kier alpha value is -2.24. The zero-order valence-electron chi connectivity index (χ0n) is 13.1. The van der Waals surface area contributed by atoms with Crippen molar-refractivity contribution in [1.29, 1.82) is 0 Å². The summed E-state index contributed by atoms with van der Waals surface area (Å²) in [7, 11) is 1.68. The number of carbonyl (C=O) groups excluding carboxylic acids is 1. The van der Waals surface area contributed by atoms with Crippen LogP contribution in [0.4, 0.5) is 0 Å². The maximum atomic E-state index is 11.2. The van der Waals surface area contributed by atoms with Crippen LogP contribution >= 0.6 is 23.2 Å². The number of nitrogens with zero attached hydrogens (tertiary/aromatic N) is 1. The minimum Gasteiger partial charge on any atom is -0.366 e. The fourth-order valence-electron chi connectivity index (χ4n) is 2.08. The number of aliphatic imine (C=N–C) groups is 1. The average Bonchev–Trinajstić information content (AvgIpc) is 2.56. The predicted molar refractivity (Wildman–Crippen MR) is 98.5 cm³/mol. The molecular formula is C17H18Cl2N4O. The van der Waals surface area contributed by atoms with Crippen LogP contribution in [-0.2, 0) is 13.1 Å². The molecule has 4 N–H and O–H groups in total. The van der Waals surface area contributed by atoms with Crippen molar-refractivity contribution in [1.82, 2.24) is 10.6 Å². The largest absolute Gasteiger partial charge is 0.366 e. The first-order valence-electron chi connectivity index (χ1n) is 7.27. The number of rotatable bonds is 5. The predicted octanol–water partition coefficient (Wildman–Crippen LogP) is 2.96. The summed E-state index contributed by atoms with van der Waals surface area (Å²) < 4.78 is 0. The maximum Gasteiger partial charge on any atom is 0.248 e. The van der Waals surface area contributed by atoms with Crippen LogP contribution in [0.15, 0.2) is 47.5 Å². The normalized spacial score (nSPS) is 11.2. The highest BCUT2D eigenvalue weighted by Crippen LogP contribution is 2.20. The van der Waals surface area contributed by atoms with Gasteiger partial charge in [-0.25, -0.2) is 0 Å². The van der Waals surface area contributed by atoms with Gasteiger partial charge in [0.2, 0.25) is 5.91 Å². The topological polar surface area (TPSA) is 79.5 Å². The second-order valence-corrected chi connectivity index (χ2v) is 5.92. The molecule has 24 heavy (non-hydrogen) atoms. The van der Waals surface area contributed by atoms with Gasteiger partial charge in [0.1, 0.15) is 0 Å². The number of nitrogens with two attached hydrogens (primary N) is 1. The highest BCUT2D eigenvalue weighted by Gasteiger charge is 2.05. The first kappa shape index (κ1) is 18.1. The zero-order valence-corrected chi connectivity index (χ0v) is 14.7. The molecule has 0 aliphatic rings. The molecular weight excluding hydrogens is 347 g/mol. The minimum absolute atomic E-state index is 0.447. The first-order chi connectivity index (χ1) is 11.5. The van der Waals surface area contributed by atoms with Gasteiger partial charge in [0.15, 0.2) is 5.96 Å². The van der Waals surface area contributed by atoms with Crippen LogP contribution in [0.5, 0.6) is 0 Å². The highest BCUT2D eigenvalue weighted by molar-refractivity contribution is 6.35. The smallest absolute Gasteiger partial charge is 0.248 e. The number of hydrogen-bond donors (Lipinski definition) is 3. The van der Waals surface area contributed by atoms with Gasteiger partial charge in [-0.3, -0.25) is 9.79 Å². The molecule has 2 aromatic rings. The van der Waals surface area contributed by atoms with Gasteiger partial charge in [-0.15, -0.1) is 0 Å². The molecule has 0 atom stereocenters. The number of primary amides is 1.